The van der Waals surface area contributed by atoms with Crippen molar-refractivity contribution < 1.29 is 18.7 Å². The van der Waals surface area contributed by atoms with Crippen molar-refractivity contribution in [2.24, 2.45) is 5.92 Å². The van der Waals surface area contributed by atoms with Gasteiger partial charge in [-0.3, -0.25) is 9.59 Å². The van der Waals surface area contributed by atoms with Crippen LogP contribution in [-0.4, -0.2) is 43.0 Å². The highest BCUT2D eigenvalue weighted by Gasteiger charge is 2.28. The Morgan fingerprint density at radius 2 is 1.67 bits per heavy atom. The van der Waals surface area contributed by atoms with E-state index in [-0.39, 0.29) is 23.5 Å². The Kier molecular flexibility index (Phi) is 7.55. The number of piperidine rings is 1. The minimum absolute atomic E-state index is 0.0341. The van der Waals surface area contributed by atoms with Crippen molar-refractivity contribution in [1.82, 2.24) is 10.2 Å². The molecule has 1 saturated heterocycles. The maximum absolute atomic E-state index is 13.1. The Morgan fingerprint density at radius 1 is 0.939 bits per heavy atom. The molecule has 0 saturated carbocycles. The molecule has 33 heavy (non-hydrogen) atoms. The van der Waals surface area contributed by atoms with Crippen molar-refractivity contribution in [1.29, 1.82) is 0 Å². The molecule has 0 aliphatic carbocycles. The summed E-state index contributed by atoms with van der Waals surface area (Å²) in [5.41, 5.74) is 0.721. The Hall–Kier alpha value is -3.41. The third kappa shape index (κ3) is 5.89. The van der Waals surface area contributed by atoms with E-state index in [1.54, 1.807) is 12.1 Å². The van der Waals surface area contributed by atoms with Gasteiger partial charge in [0.05, 0.1) is 6.61 Å². The number of hydrogen-bond donors (Lipinski definition) is 1. The van der Waals surface area contributed by atoms with Crippen LogP contribution in [-0.2, 0) is 4.79 Å². The fourth-order valence-corrected chi connectivity index (χ4v) is 4.23. The molecule has 5 nitrogen and oxygen atoms in total. The van der Waals surface area contributed by atoms with E-state index in [0.717, 1.165) is 29.2 Å². The molecule has 1 aliphatic rings. The Morgan fingerprint density at radius 3 is 2.45 bits per heavy atom. The highest BCUT2D eigenvalue weighted by Crippen LogP contribution is 2.23. The summed E-state index contributed by atoms with van der Waals surface area (Å²) in [4.78, 5) is 27.5. The molecule has 1 fully saturated rings. The summed E-state index contributed by atoms with van der Waals surface area (Å²) < 4.78 is 18.4. The van der Waals surface area contributed by atoms with Gasteiger partial charge in [0.15, 0.2) is 0 Å². The lowest BCUT2D eigenvalue weighted by atomic mass is 9.94. The van der Waals surface area contributed by atoms with Crippen molar-refractivity contribution in [3.63, 3.8) is 0 Å². The van der Waals surface area contributed by atoms with Crippen LogP contribution in [0.15, 0.2) is 66.7 Å². The van der Waals surface area contributed by atoms with Gasteiger partial charge in [-0.2, -0.15) is 0 Å². The smallest absolute Gasteiger partial charge is 0.254 e. The number of rotatable bonds is 8. The van der Waals surface area contributed by atoms with Crippen molar-refractivity contribution in [2.45, 2.75) is 25.7 Å². The third-order valence-corrected chi connectivity index (χ3v) is 6.13. The second-order valence-electron chi connectivity index (χ2n) is 8.39. The van der Waals surface area contributed by atoms with Crippen LogP contribution in [0.1, 0.15) is 36.0 Å². The van der Waals surface area contributed by atoms with E-state index < -0.39 is 0 Å². The molecule has 1 heterocycles. The summed E-state index contributed by atoms with van der Waals surface area (Å²) in [5, 5.41) is 5.03. The van der Waals surface area contributed by atoms with Gasteiger partial charge in [0.25, 0.3) is 5.91 Å². The predicted molar refractivity (Wildman–Crippen MR) is 127 cm³/mol. The molecule has 0 spiro atoms. The van der Waals surface area contributed by atoms with Crippen molar-refractivity contribution >= 4 is 22.6 Å². The Labute approximate surface area is 193 Å². The lowest BCUT2D eigenvalue weighted by Crippen LogP contribution is -2.43. The average molecular weight is 449 g/mol. The van der Waals surface area contributed by atoms with Crippen LogP contribution in [0.4, 0.5) is 4.39 Å². The number of nitrogens with one attached hydrogen (secondary N) is 1. The molecule has 3 aromatic rings. The topological polar surface area (TPSA) is 58.6 Å². The fraction of sp³-hybridized carbons (Fsp3) is 0.333. The SMILES string of the molecule is O=C(NCCCCOc1ccc(F)cc1)C1CCN(C(=O)c2cccc3ccccc23)CC1. The maximum Gasteiger partial charge on any atom is 0.254 e. The molecule has 1 N–H and O–H groups in total. The van der Waals surface area contributed by atoms with Crippen LogP contribution in [0.2, 0.25) is 0 Å². The largest absolute Gasteiger partial charge is 0.494 e. The minimum Gasteiger partial charge on any atom is -0.494 e. The van der Waals surface area contributed by atoms with E-state index in [9.17, 15) is 14.0 Å². The molecular weight excluding hydrogens is 419 g/mol. The molecule has 2 amide bonds. The van der Waals surface area contributed by atoms with Crippen LogP contribution < -0.4 is 10.1 Å². The number of fused-ring (bicyclic) bond motifs is 1. The Balaban J connectivity index is 1.17. The summed E-state index contributed by atoms with van der Waals surface area (Å²) >= 11 is 0. The van der Waals surface area contributed by atoms with Gasteiger partial charge >= 0.3 is 0 Å². The van der Waals surface area contributed by atoms with Crippen LogP contribution >= 0.6 is 0 Å². The van der Waals surface area contributed by atoms with Crippen molar-refractivity contribution in [3.8, 4) is 5.75 Å². The van der Waals surface area contributed by atoms with Gasteiger partial charge in [0.2, 0.25) is 5.91 Å². The standard InChI is InChI=1S/C27H29FN2O3/c28-22-10-12-23(13-11-22)33-19-4-3-16-29-26(31)21-14-17-30(18-15-21)27(32)25-9-5-7-20-6-1-2-8-24(20)25/h1-2,5-13,21H,3-4,14-19H2,(H,29,31). The zero-order valence-corrected chi connectivity index (χ0v) is 18.6. The second-order valence-corrected chi connectivity index (χ2v) is 8.39. The molecule has 0 bridgehead atoms. The number of unbranched alkanes of at least 4 members (excludes halogenated alkanes) is 1. The number of carbonyl (C=O) groups excluding carboxylic acids is 2. The molecular formula is C27H29FN2O3. The van der Waals surface area contributed by atoms with E-state index in [1.165, 1.54) is 12.1 Å². The first kappa shape index (κ1) is 22.8. The van der Waals surface area contributed by atoms with Crippen LogP contribution in [0, 0.1) is 11.7 Å². The van der Waals surface area contributed by atoms with E-state index >= 15 is 0 Å². The van der Waals surface area contributed by atoms with Crippen LogP contribution in [0.5, 0.6) is 5.75 Å². The van der Waals surface area contributed by atoms with E-state index in [4.69, 9.17) is 4.74 Å². The fourth-order valence-electron chi connectivity index (χ4n) is 4.23. The lowest BCUT2D eigenvalue weighted by Gasteiger charge is -2.31. The number of benzene rings is 3. The highest BCUT2D eigenvalue weighted by atomic mass is 19.1. The summed E-state index contributed by atoms with van der Waals surface area (Å²) in [6, 6.07) is 19.7. The van der Waals surface area contributed by atoms with Crippen LogP contribution in [0.3, 0.4) is 0 Å². The maximum atomic E-state index is 13.1. The molecule has 3 aromatic carbocycles. The summed E-state index contributed by atoms with van der Waals surface area (Å²) in [6.45, 7) is 2.30. The molecule has 1 aliphatic heterocycles. The molecule has 172 valence electrons. The molecule has 0 atom stereocenters. The zero-order valence-electron chi connectivity index (χ0n) is 18.6. The average Bonchev–Trinajstić information content (AvgIpc) is 2.86. The number of ether oxygens (including phenoxy) is 1. The molecule has 6 heteroatoms. The van der Waals surface area contributed by atoms with Gasteiger partial charge in [-0.05, 0) is 66.8 Å². The summed E-state index contributed by atoms with van der Waals surface area (Å²) in [7, 11) is 0. The monoisotopic (exact) mass is 448 g/mol. The van der Waals surface area contributed by atoms with Gasteiger partial charge < -0.3 is 15.0 Å². The first-order chi connectivity index (χ1) is 16.1. The number of hydrogen-bond acceptors (Lipinski definition) is 3. The quantitative estimate of drug-likeness (QED) is 0.504. The molecule has 4 rings (SSSR count). The van der Waals surface area contributed by atoms with Gasteiger partial charge in [-0.25, -0.2) is 4.39 Å². The van der Waals surface area contributed by atoms with E-state index in [0.29, 0.717) is 44.8 Å². The number of carbonyl (C=O) groups is 2. The molecule has 0 unspecified atom stereocenters. The predicted octanol–water partition coefficient (Wildman–Crippen LogP) is 4.81. The van der Waals surface area contributed by atoms with Crippen molar-refractivity contribution in [2.75, 3.05) is 26.2 Å². The zero-order chi connectivity index (χ0) is 23.0. The number of likely N-dealkylation sites (tertiary alicyclic amines) is 1. The second kappa shape index (κ2) is 10.9. The van der Waals surface area contributed by atoms with Gasteiger partial charge in [-0.15, -0.1) is 0 Å². The van der Waals surface area contributed by atoms with E-state index in [2.05, 4.69) is 5.32 Å². The highest BCUT2D eigenvalue weighted by molar-refractivity contribution is 6.07. The normalized spacial score (nSPS) is 14.3. The summed E-state index contributed by atoms with van der Waals surface area (Å²) in [5.74, 6) is 0.398. The summed E-state index contributed by atoms with van der Waals surface area (Å²) in [6.07, 6.45) is 2.97. The molecule has 0 aromatic heterocycles. The van der Waals surface area contributed by atoms with Gasteiger partial charge in [0.1, 0.15) is 11.6 Å². The van der Waals surface area contributed by atoms with Gasteiger partial charge in [-0.1, -0.05) is 36.4 Å². The Bertz CT molecular complexity index is 1090. The van der Waals surface area contributed by atoms with Crippen LogP contribution in [0.25, 0.3) is 10.8 Å². The first-order valence-electron chi connectivity index (χ1n) is 11.5. The van der Waals surface area contributed by atoms with Crippen molar-refractivity contribution in [3.05, 3.63) is 78.1 Å². The molecule has 0 radical (unpaired) electrons. The number of nitrogens with zero attached hydrogens (tertiary/aromatic N) is 1. The van der Waals surface area contributed by atoms with Gasteiger partial charge in [0, 0.05) is 31.1 Å². The lowest BCUT2D eigenvalue weighted by molar-refractivity contribution is -0.126. The number of amides is 2. The minimum atomic E-state index is -0.283. The third-order valence-electron chi connectivity index (χ3n) is 6.13. The number of halogens is 1. The first-order valence-corrected chi connectivity index (χ1v) is 11.5. The van der Waals surface area contributed by atoms with E-state index in [1.807, 2.05) is 47.4 Å².